The van der Waals surface area contributed by atoms with Gasteiger partial charge in [0.25, 0.3) is 10.0 Å². The predicted molar refractivity (Wildman–Crippen MR) is 76.5 cm³/mol. The van der Waals surface area contributed by atoms with Crippen molar-refractivity contribution in [3.63, 3.8) is 0 Å². The molecule has 96 valence electrons. The van der Waals surface area contributed by atoms with E-state index in [4.69, 9.17) is 0 Å². The summed E-state index contributed by atoms with van der Waals surface area (Å²) in [5.41, 5.74) is 1.33. The van der Waals surface area contributed by atoms with Gasteiger partial charge in [0.05, 0.1) is 15.7 Å². The van der Waals surface area contributed by atoms with E-state index < -0.39 is 10.0 Å². The van der Waals surface area contributed by atoms with Crippen LogP contribution in [-0.4, -0.2) is 13.4 Å². The van der Waals surface area contributed by atoms with E-state index in [0.29, 0.717) is 10.6 Å². The summed E-state index contributed by atoms with van der Waals surface area (Å²) < 4.78 is 27.8. The normalized spacial score (nSPS) is 11.5. The van der Waals surface area contributed by atoms with Gasteiger partial charge in [0.15, 0.2) is 0 Å². The molecule has 0 saturated heterocycles. The number of hydrogen-bond acceptors (Lipinski definition) is 4. The largest absolute Gasteiger partial charge is 0.278 e. The highest BCUT2D eigenvalue weighted by atomic mass is 79.9. The Balaban J connectivity index is 2.40. The molecule has 0 fully saturated rings. The zero-order valence-corrected chi connectivity index (χ0v) is 13.0. The molecule has 2 aromatic rings. The second-order valence-corrected chi connectivity index (χ2v) is 8.05. The minimum absolute atomic E-state index is 0.294. The third-order valence-electron chi connectivity index (χ3n) is 2.42. The fourth-order valence-corrected chi connectivity index (χ4v) is 5.00. The van der Waals surface area contributed by atoms with E-state index in [1.807, 2.05) is 6.92 Å². The van der Waals surface area contributed by atoms with E-state index >= 15 is 0 Å². The molecule has 0 aliphatic carbocycles. The molecule has 18 heavy (non-hydrogen) atoms. The maximum atomic E-state index is 12.2. The number of aromatic nitrogens is 1. The number of sulfonamides is 1. The molecular weight excluding hydrogens is 336 g/mol. The van der Waals surface area contributed by atoms with Crippen molar-refractivity contribution < 1.29 is 8.42 Å². The van der Waals surface area contributed by atoms with Crippen LogP contribution in [0.25, 0.3) is 0 Å². The van der Waals surface area contributed by atoms with Crippen LogP contribution in [0.3, 0.4) is 0 Å². The molecule has 0 aliphatic heterocycles. The van der Waals surface area contributed by atoms with Crippen LogP contribution in [-0.2, 0) is 10.0 Å². The van der Waals surface area contributed by atoms with E-state index in [9.17, 15) is 8.42 Å². The van der Waals surface area contributed by atoms with Gasteiger partial charge in [-0.25, -0.2) is 8.42 Å². The van der Waals surface area contributed by atoms with Crippen molar-refractivity contribution in [2.75, 3.05) is 4.72 Å². The molecule has 0 bridgehead atoms. The Kier molecular flexibility index (Phi) is 3.74. The SMILES string of the molecule is Cc1ccncc1NS(=O)(=O)c1cc(Br)sc1C. The summed E-state index contributed by atoms with van der Waals surface area (Å²) in [7, 11) is -3.56. The molecule has 7 heteroatoms. The van der Waals surface area contributed by atoms with Gasteiger partial charge < -0.3 is 0 Å². The van der Waals surface area contributed by atoms with Crippen molar-refractivity contribution in [3.8, 4) is 0 Å². The van der Waals surface area contributed by atoms with E-state index in [1.165, 1.54) is 17.5 Å². The molecule has 0 atom stereocenters. The number of thiophene rings is 1. The van der Waals surface area contributed by atoms with Crippen LogP contribution in [0.15, 0.2) is 33.2 Å². The summed E-state index contributed by atoms with van der Waals surface area (Å²) in [6, 6.07) is 3.36. The van der Waals surface area contributed by atoms with E-state index in [0.717, 1.165) is 14.2 Å². The van der Waals surface area contributed by atoms with E-state index in [2.05, 4.69) is 25.6 Å². The van der Waals surface area contributed by atoms with Gasteiger partial charge in [-0.05, 0) is 47.5 Å². The molecule has 0 saturated carbocycles. The Bertz CT molecular complexity index is 680. The number of pyridine rings is 1. The van der Waals surface area contributed by atoms with Gasteiger partial charge >= 0.3 is 0 Å². The first kappa shape index (κ1) is 13.5. The molecule has 0 spiro atoms. The maximum Gasteiger partial charge on any atom is 0.263 e. The van der Waals surface area contributed by atoms with E-state index in [1.54, 1.807) is 25.3 Å². The van der Waals surface area contributed by atoms with Gasteiger partial charge in [0, 0.05) is 11.1 Å². The quantitative estimate of drug-likeness (QED) is 0.927. The number of halogens is 1. The minimum Gasteiger partial charge on any atom is -0.278 e. The van der Waals surface area contributed by atoms with Crippen LogP contribution in [0.4, 0.5) is 5.69 Å². The number of aryl methyl sites for hydroxylation is 2. The molecule has 0 amide bonds. The molecule has 0 aromatic carbocycles. The van der Waals surface area contributed by atoms with Crippen LogP contribution in [0, 0.1) is 13.8 Å². The topological polar surface area (TPSA) is 59.1 Å². The van der Waals surface area contributed by atoms with Crippen molar-refractivity contribution in [2.24, 2.45) is 0 Å². The van der Waals surface area contributed by atoms with Crippen LogP contribution < -0.4 is 4.72 Å². The Morgan fingerprint density at radius 1 is 1.39 bits per heavy atom. The molecule has 4 nitrogen and oxygen atoms in total. The highest BCUT2D eigenvalue weighted by Gasteiger charge is 2.20. The van der Waals surface area contributed by atoms with Crippen molar-refractivity contribution in [3.05, 3.63) is 38.8 Å². The number of nitrogens with zero attached hydrogens (tertiary/aromatic N) is 1. The average molecular weight is 347 g/mol. The van der Waals surface area contributed by atoms with Gasteiger partial charge in [0.2, 0.25) is 0 Å². The first-order chi connectivity index (χ1) is 8.40. The molecule has 0 aliphatic rings. The lowest BCUT2D eigenvalue weighted by Gasteiger charge is -2.09. The minimum atomic E-state index is -3.56. The monoisotopic (exact) mass is 346 g/mol. The van der Waals surface area contributed by atoms with Crippen molar-refractivity contribution in [2.45, 2.75) is 18.7 Å². The summed E-state index contributed by atoms with van der Waals surface area (Å²) in [4.78, 5) is 4.96. The third kappa shape index (κ3) is 2.73. The molecule has 1 N–H and O–H groups in total. The fourth-order valence-electron chi connectivity index (χ4n) is 1.47. The summed E-state index contributed by atoms with van der Waals surface area (Å²) in [6.45, 7) is 3.61. The van der Waals surface area contributed by atoms with Crippen molar-refractivity contribution in [1.29, 1.82) is 0 Å². The molecule has 2 heterocycles. The Morgan fingerprint density at radius 3 is 2.67 bits per heavy atom. The Hall–Kier alpha value is -0.920. The summed E-state index contributed by atoms with van der Waals surface area (Å²) >= 11 is 4.68. The average Bonchev–Trinajstić information content (AvgIpc) is 2.62. The lowest BCUT2D eigenvalue weighted by Crippen LogP contribution is -2.14. The van der Waals surface area contributed by atoms with Gasteiger partial charge in [-0.3, -0.25) is 9.71 Å². The first-order valence-electron chi connectivity index (χ1n) is 5.09. The van der Waals surface area contributed by atoms with Gasteiger partial charge in [-0.1, -0.05) is 0 Å². The van der Waals surface area contributed by atoms with Crippen LogP contribution >= 0.6 is 27.3 Å². The van der Waals surface area contributed by atoms with Crippen molar-refractivity contribution >= 4 is 43.0 Å². The number of nitrogens with one attached hydrogen (secondary N) is 1. The zero-order chi connectivity index (χ0) is 13.3. The summed E-state index contributed by atoms with van der Waals surface area (Å²) in [5, 5.41) is 0. The number of anilines is 1. The van der Waals surface area contributed by atoms with Crippen LogP contribution in [0.1, 0.15) is 10.4 Å². The molecule has 0 radical (unpaired) electrons. The van der Waals surface area contributed by atoms with Gasteiger partial charge in [-0.15, -0.1) is 11.3 Å². The molecule has 2 rings (SSSR count). The Morgan fingerprint density at radius 2 is 2.11 bits per heavy atom. The highest BCUT2D eigenvalue weighted by Crippen LogP contribution is 2.31. The zero-order valence-electron chi connectivity index (χ0n) is 9.77. The maximum absolute atomic E-state index is 12.2. The fraction of sp³-hybridized carbons (Fsp3) is 0.182. The number of rotatable bonds is 3. The molecule has 0 unspecified atom stereocenters. The van der Waals surface area contributed by atoms with Crippen LogP contribution in [0.2, 0.25) is 0 Å². The Labute approximate surface area is 118 Å². The van der Waals surface area contributed by atoms with Gasteiger partial charge in [-0.2, -0.15) is 0 Å². The molecular formula is C11H11BrN2O2S2. The van der Waals surface area contributed by atoms with Crippen molar-refractivity contribution in [1.82, 2.24) is 4.98 Å². The third-order valence-corrected chi connectivity index (χ3v) is 5.59. The highest BCUT2D eigenvalue weighted by molar-refractivity contribution is 9.11. The first-order valence-corrected chi connectivity index (χ1v) is 8.19. The second-order valence-electron chi connectivity index (χ2n) is 3.77. The number of hydrogen-bond donors (Lipinski definition) is 1. The predicted octanol–water partition coefficient (Wildman–Crippen LogP) is 3.32. The lowest BCUT2D eigenvalue weighted by atomic mass is 10.3. The standard InChI is InChI=1S/C11H11BrN2O2S2/c1-7-3-4-13-6-9(7)14-18(15,16)10-5-11(12)17-8(10)2/h3-6,14H,1-2H3. The summed E-state index contributed by atoms with van der Waals surface area (Å²) in [5.74, 6) is 0. The summed E-state index contributed by atoms with van der Waals surface area (Å²) in [6.07, 6.45) is 3.13. The molecule has 2 aromatic heterocycles. The van der Waals surface area contributed by atoms with E-state index in [-0.39, 0.29) is 0 Å². The second kappa shape index (κ2) is 4.99. The van der Waals surface area contributed by atoms with Crippen LogP contribution in [0.5, 0.6) is 0 Å². The lowest BCUT2D eigenvalue weighted by molar-refractivity contribution is 0.601. The smallest absolute Gasteiger partial charge is 0.263 e. The van der Waals surface area contributed by atoms with Gasteiger partial charge in [0.1, 0.15) is 4.90 Å².